The van der Waals surface area contributed by atoms with Gasteiger partial charge in [-0.25, -0.2) is 35.9 Å². The summed E-state index contributed by atoms with van der Waals surface area (Å²) in [5, 5.41) is 31.5. The highest BCUT2D eigenvalue weighted by atomic mass is 35.5. The van der Waals surface area contributed by atoms with Crippen molar-refractivity contribution in [3.63, 3.8) is 0 Å². The summed E-state index contributed by atoms with van der Waals surface area (Å²) in [6.07, 6.45) is -16.8. The van der Waals surface area contributed by atoms with Gasteiger partial charge in [-0.3, -0.25) is 0 Å². The van der Waals surface area contributed by atoms with Crippen LogP contribution in [0.5, 0.6) is 0 Å². The van der Waals surface area contributed by atoms with Crippen LogP contribution in [-0.4, -0.2) is 89.7 Å². The molecule has 6 aromatic rings. The fraction of sp³-hybridized carbons (Fsp3) is 0.406. The van der Waals surface area contributed by atoms with Crippen molar-refractivity contribution in [2.45, 2.75) is 147 Å². The summed E-state index contributed by atoms with van der Waals surface area (Å²) in [5.41, 5.74) is 9.64. The molecule has 1 fully saturated rings. The van der Waals surface area contributed by atoms with Crippen molar-refractivity contribution in [2.75, 3.05) is 19.7 Å². The number of ether oxygens (including phenoxy) is 3. The molecular formula is C64H75Cl2F15N6O7. The van der Waals surface area contributed by atoms with E-state index >= 15 is 0 Å². The van der Waals surface area contributed by atoms with Crippen LogP contribution in [0.3, 0.4) is 0 Å². The second kappa shape index (κ2) is 37.4. The number of amides is 2. The van der Waals surface area contributed by atoms with E-state index in [9.17, 15) is 85.7 Å². The van der Waals surface area contributed by atoms with Gasteiger partial charge >= 0.3 is 30.7 Å². The van der Waals surface area contributed by atoms with Crippen molar-refractivity contribution in [3.05, 3.63) is 212 Å². The van der Waals surface area contributed by atoms with Crippen molar-refractivity contribution in [1.82, 2.24) is 21.3 Å². The number of nitrogens with one attached hydrogen (secondary N) is 4. The normalized spacial score (nSPS) is 14.6. The number of alkyl halides is 9. The first-order valence-corrected chi connectivity index (χ1v) is 28.3. The lowest BCUT2D eigenvalue weighted by atomic mass is 10.0. The SMILES string of the molecule is CC(C)(C)OC(=O)NC(Cc1cc(F)cc(F)c1)[C@H](O)CNCc1cccc(C(F)(F)F)c1.CC(C)(C)OC(=O)NC(Cc1cc(F)cc(F)c1)[C@H]1CO1.Cl.Cl.NC(Cc1cc(F)cc(F)c1)[C@H](O)CNCc1cccc(C(F)(F)F)c1.NCc1cccc(C(F)(F)F)c1. The maximum Gasteiger partial charge on any atom is 0.416 e. The lowest BCUT2D eigenvalue weighted by Gasteiger charge is -2.27. The summed E-state index contributed by atoms with van der Waals surface area (Å²) in [4.78, 5) is 24.0. The maximum absolute atomic E-state index is 13.6. The van der Waals surface area contributed by atoms with Gasteiger partial charge in [0.15, 0.2) is 0 Å². The van der Waals surface area contributed by atoms with Gasteiger partial charge in [-0.1, -0.05) is 54.6 Å². The lowest BCUT2D eigenvalue weighted by molar-refractivity contribution is -0.138. The highest BCUT2D eigenvalue weighted by Crippen LogP contribution is 2.32. The van der Waals surface area contributed by atoms with E-state index in [1.54, 1.807) is 47.6 Å². The number of alkyl carbamates (subject to hydrolysis) is 2. The highest BCUT2D eigenvalue weighted by Gasteiger charge is 2.36. The van der Waals surface area contributed by atoms with Gasteiger partial charge in [0.2, 0.25) is 0 Å². The number of carbonyl (C=O) groups is 2. The molecule has 1 aliphatic rings. The standard InChI is InChI=1S/C23H27F5N2O3.C18H19F5N2O.C15H19F2NO3.C8H8F3N.2ClH/c1-22(2,3)33-21(32)30-19(10-15-8-17(24)11-18(25)9-15)20(31)13-29-12-14-5-4-6-16(7-14)23(26,27)28;19-14-5-12(6-15(20)8-14)7-16(24)17(26)10-25-9-11-2-1-3-13(4-11)18(21,22)23;1-15(2,3)21-14(19)18-12(13-8-20-13)6-9-4-10(16)7-11(17)5-9;9-8(10,11)7-3-1-2-6(4-7)5-12;;/h4-9,11,19-20,29,31H,10,12-13H2,1-3H3,(H,30,32);1-6,8,16-17,25-26H,7,9-10,24H2;4-5,7,12-13H,6,8H2,1-3H3,(H,18,19);1-4H,5,12H2;2*1H/t19?,20-;16?,17-;12?,13-;;;/m111.../s1. The molecule has 0 spiro atoms. The number of hydrogen-bond donors (Lipinski definition) is 8. The Hall–Kier alpha value is -6.89. The van der Waals surface area contributed by atoms with Crippen molar-refractivity contribution in [3.8, 4) is 0 Å². The Morgan fingerprint density at radius 3 is 1.18 bits per heavy atom. The van der Waals surface area contributed by atoms with E-state index in [-0.39, 0.29) is 94.5 Å². The Morgan fingerprint density at radius 1 is 0.500 bits per heavy atom. The van der Waals surface area contributed by atoms with Gasteiger partial charge in [0.1, 0.15) is 52.2 Å². The average molecular weight is 1400 g/mol. The molecule has 0 aromatic heterocycles. The van der Waals surface area contributed by atoms with E-state index < -0.39 is 118 Å². The van der Waals surface area contributed by atoms with E-state index in [4.69, 9.17) is 25.7 Å². The predicted octanol–water partition coefficient (Wildman–Crippen LogP) is 13.4. The van der Waals surface area contributed by atoms with Crippen molar-refractivity contribution in [2.24, 2.45) is 11.5 Å². The summed E-state index contributed by atoms with van der Waals surface area (Å²) in [7, 11) is 0. The summed E-state index contributed by atoms with van der Waals surface area (Å²) in [6.45, 7) is 10.9. The average Bonchev–Trinajstić information content (AvgIpc) is 1.84. The number of epoxide rings is 1. The Balaban J connectivity index is 0.000000444. The van der Waals surface area contributed by atoms with Crippen molar-refractivity contribution < 1.29 is 99.9 Å². The third-order valence-corrected chi connectivity index (χ3v) is 12.7. The largest absolute Gasteiger partial charge is 0.444 e. The number of halogens is 17. The molecule has 30 heteroatoms. The number of aliphatic hydroxyl groups is 2. The minimum atomic E-state index is -4.47. The van der Waals surface area contributed by atoms with Crippen molar-refractivity contribution in [1.29, 1.82) is 0 Å². The molecule has 7 rings (SSSR count). The van der Waals surface area contributed by atoms with Gasteiger partial charge in [0, 0.05) is 57.0 Å². The smallest absolute Gasteiger partial charge is 0.416 e. The minimum absolute atomic E-state index is 0. The molecule has 10 N–H and O–H groups in total. The Bertz CT molecular complexity index is 3250. The molecule has 0 saturated carbocycles. The molecule has 94 heavy (non-hydrogen) atoms. The van der Waals surface area contributed by atoms with Crippen LogP contribution < -0.4 is 32.7 Å². The Labute approximate surface area is 546 Å². The highest BCUT2D eigenvalue weighted by molar-refractivity contribution is 5.85. The van der Waals surface area contributed by atoms with Crippen LogP contribution in [0.25, 0.3) is 0 Å². The number of benzene rings is 6. The van der Waals surface area contributed by atoms with Gasteiger partial charge in [0.25, 0.3) is 0 Å². The minimum Gasteiger partial charge on any atom is -0.444 e. The first kappa shape index (κ1) is 83.2. The van der Waals surface area contributed by atoms with Crippen LogP contribution in [0.4, 0.5) is 75.4 Å². The molecule has 0 aliphatic carbocycles. The second-order valence-corrected chi connectivity index (χ2v) is 23.2. The van der Waals surface area contributed by atoms with Gasteiger partial charge in [-0.2, -0.15) is 39.5 Å². The lowest BCUT2D eigenvalue weighted by Crippen LogP contribution is -2.49. The van der Waals surface area contributed by atoms with E-state index in [1.807, 2.05) is 0 Å². The molecule has 1 aliphatic heterocycles. The molecule has 6 aromatic carbocycles. The van der Waals surface area contributed by atoms with Crippen LogP contribution in [0.15, 0.2) is 127 Å². The van der Waals surface area contributed by atoms with Crippen LogP contribution >= 0.6 is 24.8 Å². The molecule has 2 amide bonds. The first-order valence-electron chi connectivity index (χ1n) is 28.3. The zero-order chi connectivity index (χ0) is 68.9. The van der Waals surface area contributed by atoms with E-state index in [0.29, 0.717) is 40.5 Å². The Kier molecular flexibility index (Phi) is 33.1. The molecular weight excluding hydrogens is 1320 g/mol. The van der Waals surface area contributed by atoms with Crippen LogP contribution in [-0.2, 0) is 71.6 Å². The summed E-state index contributed by atoms with van der Waals surface area (Å²) < 4.78 is 208. The summed E-state index contributed by atoms with van der Waals surface area (Å²) in [6, 6.07) is 21.6. The Morgan fingerprint density at radius 2 is 0.830 bits per heavy atom. The monoisotopic (exact) mass is 1390 g/mol. The van der Waals surface area contributed by atoms with Gasteiger partial charge in [-0.15, -0.1) is 24.8 Å². The summed E-state index contributed by atoms with van der Waals surface area (Å²) >= 11 is 0. The zero-order valence-corrected chi connectivity index (χ0v) is 53.2. The fourth-order valence-electron chi connectivity index (χ4n) is 8.48. The number of aliphatic hydroxyl groups excluding tert-OH is 2. The van der Waals surface area contributed by atoms with Crippen LogP contribution in [0.2, 0.25) is 0 Å². The molecule has 0 radical (unpaired) electrons. The molecule has 3 unspecified atom stereocenters. The third-order valence-electron chi connectivity index (χ3n) is 12.7. The quantitative estimate of drug-likeness (QED) is 0.0267. The molecule has 1 saturated heterocycles. The maximum atomic E-state index is 13.6. The van der Waals surface area contributed by atoms with Crippen molar-refractivity contribution >= 4 is 37.0 Å². The molecule has 522 valence electrons. The van der Waals surface area contributed by atoms with Gasteiger partial charge in [0.05, 0.1) is 47.6 Å². The summed E-state index contributed by atoms with van der Waals surface area (Å²) in [5.74, 6) is -4.36. The predicted molar refractivity (Wildman–Crippen MR) is 326 cm³/mol. The zero-order valence-electron chi connectivity index (χ0n) is 51.5. The fourth-order valence-corrected chi connectivity index (χ4v) is 8.48. The number of nitrogens with two attached hydrogens (primary N) is 2. The number of carbonyl (C=O) groups excluding carboxylic acids is 2. The molecule has 0 bridgehead atoms. The number of rotatable bonds is 20. The topological polar surface area (TPSA) is 206 Å². The molecule has 6 atom stereocenters. The molecule has 1 heterocycles. The van der Waals surface area contributed by atoms with E-state index in [1.165, 1.54) is 42.5 Å². The first-order chi connectivity index (χ1) is 42.6. The van der Waals surface area contributed by atoms with Gasteiger partial charge in [-0.05, 0) is 149 Å². The van der Waals surface area contributed by atoms with E-state index in [2.05, 4.69) is 21.3 Å². The molecule has 13 nitrogen and oxygen atoms in total. The van der Waals surface area contributed by atoms with E-state index in [0.717, 1.165) is 72.8 Å². The second-order valence-electron chi connectivity index (χ2n) is 23.2. The van der Waals surface area contributed by atoms with Gasteiger partial charge < -0.3 is 57.2 Å². The third kappa shape index (κ3) is 32.5. The number of hydrogen-bond acceptors (Lipinski definition) is 11. The van der Waals surface area contributed by atoms with Crippen LogP contribution in [0, 0.1) is 34.9 Å². The van der Waals surface area contributed by atoms with Crippen LogP contribution in [0.1, 0.15) is 91.6 Å².